The van der Waals surface area contributed by atoms with E-state index in [9.17, 15) is 17.6 Å². The number of unbranched alkanes of at least 4 members (excludes halogenated alkanes) is 1. The zero-order valence-electron chi connectivity index (χ0n) is 17.8. The van der Waals surface area contributed by atoms with Crippen molar-refractivity contribution < 1.29 is 31.8 Å². The Hall–Kier alpha value is -2.28. The molecule has 3 rings (SSSR count). The average Bonchev–Trinajstić information content (AvgIpc) is 2.74. The summed E-state index contributed by atoms with van der Waals surface area (Å²) in [6, 6.07) is 10.3. The van der Waals surface area contributed by atoms with Crippen LogP contribution in [-0.2, 0) is 10.9 Å². The largest absolute Gasteiger partial charge is 0.494 e. The first-order chi connectivity index (χ1) is 14.8. The smallest absolute Gasteiger partial charge is 0.422 e. The molecule has 0 aromatic heterocycles. The van der Waals surface area contributed by atoms with E-state index in [2.05, 4.69) is 6.92 Å². The highest BCUT2D eigenvalue weighted by atomic mass is 19.4. The van der Waals surface area contributed by atoms with E-state index in [4.69, 9.17) is 14.2 Å². The molecule has 0 saturated carbocycles. The Balaban J connectivity index is 1.68. The molecule has 1 saturated heterocycles. The first-order valence-corrected chi connectivity index (χ1v) is 10.7. The van der Waals surface area contributed by atoms with Crippen LogP contribution >= 0.6 is 0 Å². The number of hydrogen-bond donors (Lipinski definition) is 0. The van der Waals surface area contributed by atoms with Crippen LogP contribution in [0.15, 0.2) is 36.4 Å². The molecule has 0 aliphatic carbocycles. The average molecular weight is 440 g/mol. The van der Waals surface area contributed by atoms with E-state index in [1.54, 1.807) is 6.92 Å². The Kier molecular flexibility index (Phi) is 7.81. The van der Waals surface area contributed by atoms with Gasteiger partial charge >= 0.3 is 6.18 Å². The van der Waals surface area contributed by atoms with E-state index in [0.29, 0.717) is 26.1 Å². The fraction of sp³-hybridized carbons (Fsp3) is 0.500. The highest BCUT2D eigenvalue weighted by molar-refractivity contribution is 5.42. The minimum atomic E-state index is -4.84. The molecule has 31 heavy (non-hydrogen) atoms. The second kappa shape index (κ2) is 10.4. The van der Waals surface area contributed by atoms with Gasteiger partial charge in [-0.2, -0.15) is 13.2 Å². The van der Waals surface area contributed by atoms with Crippen LogP contribution in [0, 0.1) is 5.82 Å². The van der Waals surface area contributed by atoms with Gasteiger partial charge in [0.25, 0.3) is 0 Å². The molecule has 0 amide bonds. The lowest BCUT2D eigenvalue weighted by Crippen LogP contribution is -2.21. The van der Waals surface area contributed by atoms with Gasteiger partial charge in [-0.15, -0.1) is 0 Å². The van der Waals surface area contributed by atoms with Gasteiger partial charge in [-0.25, -0.2) is 4.39 Å². The molecule has 2 atom stereocenters. The second-order valence-corrected chi connectivity index (χ2v) is 7.64. The van der Waals surface area contributed by atoms with E-state index in [-0.39, 0.29) is 18.1 Å². The van der Waals surface area contributed by atoms with Crippen molar-refractivity contribution in [1.29, 1.82) is 0 Å². The molecule has 0 bridgehead atoms. The highest BCUT2D eigenvalue weighted by Gasteiger charge is 2.40. The molecule has 0 spiro atoms. The summed E-state index contributed by atoms with van der Waals surface area (Å²) in [4.78, 5) is 0. The van der Waals surface area contributed by atoms with E-state index in [0.717, 1.165) is 24.2 Å². The molecular weight excluding hydrogens is 412 g/mol. The minimum absolute atomic E-state index is 0.0198. The Labute approximate surface area is 180 Å². The van der Waals surface area contributed by atoms with Crippen LogP contribution < -0.4 is 9.47 Å². The van der Waals surface area contributed by atoms with Gasteiger partial charge in [0.15, 0.2) is 0 Å². The molecular formula is C24H28F4O3. The maximum atomic E-state index is 14.8. The number of benzene rings is 2. The Bertz CT molecular complexity index is 841. The zero-order valence-corrected chi connectivity index (χ0v) is 17.8. The predicted molar refractivity (Wildman–Crippen MR) is 110 cm³/mol. The van der Waals surface area contributed by atoms with Crippen LogP contribution in [0.4, 0.5) is 17.6 Å². The summed E-state index contributed by atoms with van der Waals surface area (Å²) < 4.78 is 71.6. The number of hydrogen-bond acceptors (Lipinski definition) is 3. The Morgan fingerprint density at radius 3 is 2.32 bits per heavy atom. The third-order valence-electron chi connectivity index (χ3n) is 5.46. The van der Waals surface area contributed by atoms with Gasteiger partial charge in [-0.05, 0) is 56.0 Å². The van der Waals surface area contributed by atoms with E-state index < -0.39 is 29.4 Å². The molecule has 0 N–H and O–H groups in total. The first-order valence-electron chi connectivity index (χ1n) is 10.7. The Morgan fingerprint density at radius 1 is 1.00 bits per heavy atom. The number of ether oxygens (including phenoxy) is 3. The van der Waals surface area contributed by atoms with Crippen LogP contribution in [-0.4, -0.2) is 19.8 Å². The normalized spacial score (nSPS) is 19.3. The predicted octanol–water partition coefficient (Wildman–Crippen LogP) is 7.06. The van der Waals surface area contributed by atoms with Gasteiger partial charge in [-0.1, -0.05) is 25.5 Å². The summed E-state index contributed by atoms with van der Waals surface area (Å²) >= 11 is 0. The van der Waals surface area contributed by atoms with Crippen molar-refractivity contribution >= 4 is 0 Å². The van der Waals surface area contributed by atoms with Crippen molar-refractivity contribution in [2.45, 2.75) is 57.7 Å². The summed E-state index contributed by atoms with van der Waals surface area (Å²) in [6.07, 6.45) is -2.38. The number of rotatable bonds is 8. The standard InChI is InChI=1S/C24H28F4O3/c1-3-5-14-30-18-9-6-16(7-10-18)17-8-12-20(31-15-17)19-11-13-21(29-4-2)22(23(19)25)24(26,27)28/h6-7,9-11,13,17,20H,3-5,8,12,14-15H2,1-2H3. The summed E-state index contributed by atoms with van der Waals surface area (Å²) in [5.41, 5.74) is -0.366. The van der Waals surface area contributed by atoms with Crippen molar-refractivity contribution in [2.75, 3.05) is 19.8 Å². The highest BCUT2D eigenvalue weighted by Crippen LogP contribution is 2.43. The van der Waals surface area contributed by atoms with Crippen molar-refractivity contribution in [3.8, 4) is 11.5 Å². The molecule has 2 aromatic carbocycles. The molecule has 170 valence electrons. The molecule has 2 unspecified atom stereocenters. The first kappa shape index (κ1) is 23.4. The topological polar surface area (TPSA) is 27.7 Å². The van der Waals surface area contributed by atoms with E-state index >= 15 is 0 Å². The van der Waals surface area contributed by atoms with Gasteiger partial charge in [0.2, 0.25) is 0 Å². The van der Waals surface area contributed by atoms with Crippen molar-refractivity contribution in [3.05, 3.63) is 58.9 Å². The number of alkyl halides is 3. The molecule has 0 radical (unpaired) electrons. The lowest BCUT2D eigenvalue weighted by Gasteiger charge is -2.30. The summed E-state index contributed by atoms with van der Waals surface area (Å²) in [6.45, 7) is 4.67. The second-order valence-electron chi connectivity index (χ2n) is 7.64. The quantitative estimate of drug-likeness (QED) is 0.325. The molecule has 1 heterocycles. The van der Waals surface area contributed by atoms with E-state index in [1.807, 2.05) is 24.3 Å². The lowest BCUT2D eigenvalue weighted by atomic mass is 9.89. The van der Waals surface area contributed by atoms with Gasteiger partial charge < -0.3 is 14.2 Å². The molecule has 1 fully saturated rings. The molecule has 1 aliphatic heterocycles. The maximum absolute atomic E-state index is 14.8. The van der Waals surface area contributed by atoms with E-state index in [1.165, 1.54) is 12.1 Å². The van der Waals surface area contributed by atoms with Gasteiger partial charge in [-0.3, -0.25) is 0 Å². The molecule has 2 aromatic rings. The monoisotopic (exact) mass is 440 g/mol. The van der Waals surface area contributed by atoms with Gasteiger partial charge in [0.1, 0.15) is 22.9 Å². The third-order valence-corrected chi connectivity index (χ3v) is 5.46. The summed E-state index contributed by atoms with van der Waals surface area (Å²) in [5.74, 6) is -0.890. The van der Waals surface area contributed by atoms with Crippen molar-refractivity contribution in [1.82, 2.24) is 0 Å². The fourth-order valence-electron chi connectivity index (χ4n) is 3.79. The lowest BCUT2D eigenvalue weighted by molar-refractivity contribution is -0.141. The fourth-order valence-corrected chi connectivity index (χ4v) is 3.79. The minimum Gasteiger partial charge on any atom is -0.494 e. The van der Waals surface area contributed by atoms with Crippen LogP contribution in [0.1, 0.15) is 68.2 Å². The summed E-state index contributed by atoms with van der Waals surface area (Å²) in [7, 11) is 0. The van der Waals surface area contributed by atoms with Gasteiger partial charge in [0.05, 0.1) is 25.9 Å². The molecule has 7 heteroatoms. The van der Waals surface area contributed by atoms with Crippen LogP contribution in [0.25, 0.3) is 0 Å². The molecule has 1 aliphatic rings. The van der Waals surface area contributed by atoms with Crippen LogP contribution in [0.5, 0.6) is 11.5 Å². The van der Waals surface area contributed by atoms with Crippen molar-refractivity contribution in [2.24, 2.45) is 0 Å². The Morgan fingerprint density at radius 2 is 1.74 bits per heavy atom. The number of halogens is 4. The summed E-state index contributed by atoms with van der Waals surface area (Å²) in [5, 5.41) is 0. The van der Waals surface area contributed by atoms with Crippen LogP contribution in [0.2, 0.25) is 0 Å². The third kappa shape index (κ3) is 5.70. The zero-order chi connectivity index (χ0) is 22.4. The van der Waals surface area contributed by atoms with Gasteiger partial charge in [0, 0.05) is 11.5 Å². The molecule has 3 nitrogen and oxygen atoms in total. The van der Waals surface area contributed by atoms with Crippen molar-refractivity contribution in [3.63, 3.8) is 0 Å². The maximum Gasteiger partial charge on any atom is 0.422 e. The van der Waals surface area contributed by atoms with Crippen LogP contribution in [0.3, 0.4) is 0 Å². The SMILES string of the molecule is CCCCOc1ccc(C2CCC(c3ccc(OCC)c(C(F)(F)F)c3F)OC2)cc1.